The first-order valence-electron chi connectivity index (χ1n) is 8.89. The highest BCUT2D eigenvalue weighted by atomic mass is 32.1. The third-order valence-electron chi connectivity index (χ3n) is 4.07. The molecule has 0 atom stereocenters. The number of aromatic nitrogens is 1. The summed E-state index contributed by atoms with van der Waals surface area (Å²) >= 11 is 1.52. The molecule has 0 aliphatic carbocycles. The molecule has 5 heteroatoms. The SMILES string of the molecule is CCN(C)Cc1cccc(CNC(=O)c2sc(CC(C)C)nc2C)c1. The van der Waals surface area contributed by atoms with E-state index in [1.165, 1.54) is 16.9 Å². The van der Waals surface area contributed by atoms with Crippen LogP contribution in [0.1, 0.15) is 52.3 Å². The van der Waals surface area contributed by atoms with Crippen LogP contribution in [0.5, 0.6) is 0 Å². The van der Waals surface area contributed by atoms with Gasteiger partial charge in [0, 0.05) is 19.5 Å². The monoisotopic (exact) mass is 359 g/mol. The van der Waals surface area contributed by atoms with Gasteiger partial charge in [-0.15, -0.1) is 11.3 Å². The van der Waals surface area contributed by atoms with Crippen LogP contribution in [-0.2, 0) is 19.5 Å². The van der Waals surface area contributed by atoms with Crippen molar-refractivity contribution in [3.63, 3.8) is 0 Å². The lowest BCUT2D eigenvalue weighted by Crippen LogP contribution is -2.23. The van der Waals surface area contributed by atoms with Crippen molar-refractivity contribution in [3.8, 4) is 0 Å². The van der Waals surface area contributed by atoms with Crippen molar-refractivity contribution < 1.29 is 4.79 Å². The Bertz CT molecular complexity index is 709. The summed E-state index contributed by atoms with van der Waals surface area (Å²) in [7, 11) is 2.11. The van der Waals surface area contributed by atoms with Crippen molar-refractivity contribution >= 4 is 17.2 Å². The zero-order valence-corrected chi connectivity index (χ0v) is 16.7. The molecule has 136 valence electrons. The Labute approximate surface area is 155 Å². The Hall–Kier alpha value is -1.72. The van der Waals surface area contributed by atoms with Gasteiger partial charge in [0.2, 0.25) is 0 Å². The molecule has 25 heavy (non-hydrogen) atoms. The molecule has 0 aliphatic heterocycles. The number of carbonyl (C=O) groups excluding carboxylic acids is 1. The zero-order chi connectivity index (χ0) is 18.4. The number of rotatable bonds is 8. The maximum atomic E-state index is 12.5. The lowest BCUT2D eigenvalue weighted by Gasteiger charge is -2.14. The molecule has 0 aliphatic rings. The van der Waals surface area contributed by atoms with Gasteiger partial charge in [-0.25, -0.2) is 4.98 Å². The molecule has 2 aromatic rings. The number of aryl methyl sites for hydroxylation is 1. The summed E-state index contributed by atoms with van der Waals surface area (Å²) in [5, 5.41) is 4.08. The minimum Gasteiger partial charge on any atom is -0.347 e. The van der Waals surface area contributed by atoms with E-state index in [-0.39, 0.29) is 5.91 Å². The molecule has 1 amide bonds. The molecule has 1 aromatic carbocycles. The average molecular weight is 360 g/mol. The van der Waals surface area contributed by atoms with E-state index in [1.54, 1.807) is 0 Å². The number of amides is 1. The Morgan fingerprint density at radius 3 is 2.72 bits per heavy atom. The molecule has 1 heterocycles. The highest BCUT2D eigenvalue weighted by Gasteiger charge is 2.15. The van der Waals surface area contributed by atoms with Gasteiger partial charge in [-0.05, 0) is 37.6 Å². The van der Waals surface area contributed by atoms with Crippen molar-refractivity contribution in [3.05, 3.63) is 51.0 Å². The van der Waals surface area contributed by atoms with E-state index in [4.69, 9.17) is 0 Å². The maximum Gasteiger partial charge on any atom is 0.263 e. The summed E-state index contributed by atoms with van der Waals surface area (Å²) in [5.41, 5.74) is 3.22. The van der Waals surface area contributed by atoms with Crippen molar-refractivity contribution in [2.24, 2.45) is 5.92 Å². The van der Waals surface area contributed by atoms with Gasteiger partial charge >= 0.3 is 0 Å². The van der Waals surface area contributed by atoms with Crippen molar-refractivity contribution in [1.82, 2.24) is 15.2 Å². The summed E-state index contributed by atoms with van der Waals surface area (Å²) < 4.78 is 0. The largest absolute Gasteiger partial charge is 0.347 e. The summed E-state index contributed by atoms with van der Waals surface area (Å²) in [6.45, 7) is 10.9. The second-order valence-corrected chi connectivity index (χ2v) is 8.04. The molecule has 0 spiro atoms. The van der Waals surface area contributed by atoms with Gasteiger partial charge in [0.15, 0.2) is 0 Å². The first kappa shape index (κ1) is 19.6. The molecule has 0 saturated carbocycles. The van der Waals surface area contributed by atoms with Crippen molar-refractivity contribution in [2.75, 3.05) is 13.6 Å². The van der Waals surface area contributed by atoms with E-state index >= 15 is 0 Å². The highest BCUT2D eigenvalue weighted by molar-refractivity contribution is 7.13. The Morgan fingerprint density at radius 1 is 1.32 bits per heavy atom. The topological polar surface area (TPSA) is 45.2 Å². The lowest BCUT2D eigenvalue weighted by molar-refractivity contribution is 0.0954. The maximum absolute atomic E-state index is 12.5. The van der Waals surface area contributed by atoms with Gasteiger partial charge in [-0.1, -0.05) is 45.0 Å². The van der Waals surface area contributed by atoms with Crippen LogP contribution >= 0.6 is 11.3 Å². The molecule has 0 unspecified atom stereocenters. The quantitative estimate of drug-likeness (QED) is 0.774. The minimum atomic E-state index is -0.0268. The first-order chi connectivity index (χ1) is 11.9. The van der Waals surface area contributed by atoms with Crippen LogP contribution in [0.2, 0.25) is 0 Å². The van der Waals surface area contributed by atoms with Crippen LogP contribution in [0.4, 0.5) is 0 Å². The van der Waals surface area contributed by atoms with Crippen LogP contribution < -0.4 is 5.32 Å². The number of nitrogens with one attached hydrogen (secondary N) is 1. The molecular weight excluding hydrogens is 330 g/mol. The number of thiazole rings is 1. The number of benzene rings is 1. The molecular formula is C20H29N3OS. The number of carbonyl (C=O) groups is 1. The van der Waals surface area contributed by atoms with Gasteiger partial charge in [0.05, 0.1) is 10.7 Å². The van der Waals surface area contributed by atoms with E-state index in [1.807, 2.05) is 6.92 Å². The van der Waals surface area contributed by atoms with Gasteiger partial charge in [0.1, 0.15) is 4.88 Å². The lowest BCUT2D eigenvalue weighted by atomic mass is 10.1. The Kier molecular flexibility index (Phi) is 7.14. The van der Waals surface area contributed by atoms with Gasteiger partial charge in [-0.3, -0.25) is 4.79 Å². The molecule has 0 radical (unpaired) electrons. The molecule has 1 N–H and O–H groups in total. The number of hydrogen-bond donors (Lipinski definition) is 1. The second-order valence-electron chi connectivity index (χ2n) is 6.95. The first-order valence-corrected chi connectivity index (χ1v) is 9.71. The van der Waals surface area contributed by atoms with Crippen LogP contribution in [0.15, 0.2) is 24.3 Å². The van der Waals surface area contributed by atoms with E-state index in [0.29, 0.717) is 12.5 Å². The van der Waals surface area contributed by atoms with Crippen LogP contribution in [0.3, 0.4) is 0 Å². The molecule has 1 aromatic heterocycles. The predicted molar refractivity (Wildman–Crippen MR) is 105 cm³/mol. The molecule has 2 rings (SSSR count). The van der Waals surface area contributed by atoms with Crippen molar-refractivity contribution in [1.29, 1.82) is 0 Å². The van der Waals surface area contributed by atoms with Gasteiger partial charge in [0.25, 0.3) is 5.91 Å². The van der Waals surface area contributed by atoms with E-state index in [2.05, 4.69) is 67.3 Å². The minimum absolute atomic E-state index is 0.0268. The average Bonchev–Trinajstić information content (AvgIpc) is 2.92. The van der Waals surface area contributed by atoms with Crippen LogP contribution in [0, 0.1) is 12.8 Å². The Balaban J connectivity index is 1.98. The molecule has 4 nitrogen and oxygen atoms in total. The summed E-state index contributed by atoms with van der Waals surface area (Å²) in [6.07, 6.45) is 0.922. The molecule has 0 saturated heterocycles. The number of nitrogens with zero attached hydrogens (tertiary/aromatic N) is 2. The number of hydrogen-bond acceptors (Lipinski definition) is 4. The van der Waals surface area contributed by atoms with Crippen molar-refractivity contribution in [2.45, 2.75) is 47.2 Å². The fraction of sp³-hybridized carbons (Fsp3) is 0.500. The predicted octanol–water partition coefficient (Wildman–Crippen LogP) is 4.03. The van der Waals surface area contributed by atoms with E-state index in [9.17, 15) is 4.79 Å². The van der Waals surface area contributed by atoms with E-state index < -0.39 is 0 Å². The zero-order valence-electron chi connectivity index (χ0n) is 15.9. The normalized spacial score (nSPS) is 11.3. The van der Waals surface area contributed by atoms with Crippen LogP contribution in [-0.4, -0.2) is 29.4 Å². The highest BCUT2D eigenvalue weighted by Crippen LogP contribution is 2.20. The second kappa shape index (κ2) is 9.11. The Morgan fingerprint density at radius 2 is 2.04 bits per heavy atom. The molecule has 0 bridgehead atoms. The summed E-state index contributed by atoms with van der Waals surface area (Å²) in [5.74, 6) is 0.520. The fourth-order valence-corrected chi connectivity index (χ4v) is 3.82. The standard InChI is InChI=1S/C20H29N3OS/c1-6-23(5)13-17-9-7-8-16(11-17)12-21-20(24)19-15(4)22-18(25-19)10-14(2)3/h7-9,11,14H,6,10,12-13H2,1-5H3,(H,21,24). The van der Waals surface area contributed by atoms with E-state index in [0.717, 1.165) is 40.7 Å². The third-order valence-corrected chi connectivity index (χ3v) is 5.25. The fourth-order valence-electron chi connectivity index (χ4n) is 2.62. The summed E-state index contributed by atoms with van der Waals surface area (Å²) in [6, 6.07) is 8.40. The molecule has 0 fully saturated rings. The third kappa shape index (κ3) is 5.94. The van der Waals surface area contributed by atoms with Gasteiger partial charge in [-0.2, -0.15) is 0 Å². The van der Waals surface area contributed by atoms with Gasteiger partial charge < -0.3 is 10.2 Å². The smallest absolute Gasteiger partial charge is 0.263 e. The van der Waals surface area contributed by atoms with Crippen LogP contribution in [0.25, 0.3) is 0 Å². The summed E-state index contributed by atoms with van der Waals surface area (Å²) in [4.78, 5) is 20.0.